The lowest BCUT2D eigenvalue weighted by Gasteiger charge is -2.41. The molecule has 0 aliphatic carbocycles. The number of amides is 1. The van der Waals surface area contributed by atoms with Gasteiger partial charge in [-0.2, -0.15) is 0 Å². The highest BCUT2D eigenvalue weighted by Gasteiger charge is 2.50. The van der Waals surface area contributed by atoms with E-state index in [1.165, 1.54) is 0 Å². The van der Waals surface area contributed by atoms with Crippen molar-refractivity contribution in [1.29, 1.82) is 0 Å². The van der Waals surface area contributed by atoms with Gasteiger partial charge in [0.2, 0.25) is 0 Å². The highest BCUT2D eigenvalue weighted by atomic mass is 16.6. The number of ether oxygens (including phenoxy) is 2. The molecule has 1 aromatic heterocycles. The van der Waals surface area contributed by atoms with Crippen LogP contribution in [-0.4, -0.2) is 58.0 Å². The monoisotopic (exact) mass is 322 g/mol. The molecule has 2 saturated heterocycles. The Morgan fingerprint density at radius 2 is 2.30 bits per heavy atom. The standard InChI is InChI=1S/C16H26N4O3/c1-15(2,3)23-14(21)20-7-5-16(10-20)13(18-6-8-22-16)12-9-17-11-19(12)4/h9,11,13,18H,5-8,10H2,1-4H3. The molecule has 2 aliphatic heterocycles. The molecule has 128 valence electrons. The number of hydrogen-bond donors (Lipinski definition) is 1. The van der Waals surface area contributed by atoms with E-state index in [9.17, 15) is 4.79 Å². The van der Waals surface area contributed by atoms with Gasteiger partial charge in [0.1, 0.15) is 11.2 Å². The van der Waals surface area contributed by atoms with Gasteiger partial charge in [-0.3, -0.25) is 0 Å². The minimum atomic E-state index is -0.486. The summed E-state index contributed by atoms with van der Waals surface area (Å²) in [6.07, 6.45) is 4.17. The summed E-state index contributed by atoms with van der Waals surface area (Å²) in [5.41, 5.74) is 0.179. The number of hydrogen-bond acceptors (Lipinski definition) is 5. The van der Waals surface area contributed by atoms with E-state index in [1.54, 1.807) is 11.2 Å². The van der Waals surface area contributed by atoms with Crippen molar-refractivity contribution in [3.63, 3.8) is 0 Å². The SMILES string of the molecule is Cn1cncc1C1NCCOC12CCN(C(=O)OC(C)(C)C)C2. The largest absolute Gasteiger partial charge is 0.444 e. The summed E-state index contributed by atoms with van der Waals surface area (Å²) >= 11 is 0. The van der Waals surface area contributed by atoms with E-state index >= 15 is 0 Å². The number of aromatic nitrogens is 2. The number of carbonyl (C=O) groups excluding carboxylic acids is 1. The van der Waals surface area contributed by atoms with Crippen molar-refractivity contribution in [3.8, 4) is 0 Å². The number of carbonyl (C=O) groups is 1. The zero-order valence-electron chi connectivity index (χ0n) is 14.3. The van der Waals surface area contributed by atoms with E-state index in [1.807, 2.05) is 38.6 Å². The van der Waals surface area contributed by atoms with Crippen molar-refractivity contribution in [2.75, 3.05) is 26.2 Å². The summed E-state index contributed by atoms with van der Waals surface area (Å²) in [5, 5.41) is 3.54. The molecule has 1 N–H and O–H groups in total. The number of rotatable bonds is 1. The van der Waals surface area contributed by atoms with Crippen molar-refractivity contribution < 1.29 is 14.3 Å². The number of likely N-dealkylation sites (tertiary alicyclic amines) is 1. The maximum atomic E-state index is 12.4. The quantitative estimate of drug-likeness (QED) is 0.848. The molecular weight excluding hydrogens is 296 g/mol. The summed E-state index contributed by atoms with van der Waals surface area (Å²) in [6, 6.07) is 0.0242. The lowest BCUT2D eigenvalue weighted by atomic mass is 9.89. The maximum absolute atomic E-state index is 12.4. The third-order valence-corrected chi connectivity index (χ3v) is 4.43. The molecule has 2 fully saturated rings. The minimum absolute atomic E-state index is 0.0242. The maximum Gasteiger partial charge on any atom is 0.410 e. The molecule has 1 spiro atoms. The van der Waals surface area contributed by atoms with Crippen molar-refractivity contribution >= 4 is 6.09 Å². The van der Waals surface area contributed by atoms with Gasteiger partial charge in [-0.25, -0.2) is 9.78 Å². The van der Waals surface area contributed by atoms with Crippen LogP contribution in [0.15, 0.2) is 12.5 Å². The van der Waals surface area contributed by atoms with Crippen LogP contribution in [0.2, 0.25) is 0 Å². The van der Waals surface area contributed by atoms with Crippen molar-refractivity contribution in [2.45, 2.75) is 44.4 Å². The predicted molar refractivity (Wildman–Crippen MR) is 85.1 cm³/mol. The van der Waals surface area contributed by atoms with Gasteiger partial charge in [0.05, 0.1) is 31.2 Å². The number of aryl methyl sites for hydroxylation is 1. The molecule has 7 heteroatoms. The summed E-state index contributed by atoms with van der Waals surface area (Å²) < 4.78 is 13.7. The van der Waals surface area contributed by atoms with Crippen LogP contribution in [0, 0.1) is 0 Å². The lowest BCUT2D eigenvalue weighted by molar-refractivity contribution is -0.0917. The molecule has 2 atom stereocenters. The number of morpholine rings is 1. The molecule has 3 rings (SSSR count). The van der Waals surface area contributed by atoms with Crippen LogP contribution in [0.4, 0.5) is 4.79 Å². The predicted octanol–water partition coefficient (Wildman–Crippen LogP) is 1.46. The third-order valence-electron chi connectivity index (χ3n) is 4.43. The number of imidazole rings is 1. The van der Waals surface area contributed by atoms with Crippen molar-refractivity contribution in [2.24, 2.45) is 7.05 Å². The van der Waals surface area contributed by atoms with Crippen LogP contribution in [0.3, 0.4) is 0 Å². The molecule has 1 aromatic rings. The Labute approximate surface area is 137 Å². The second kappa shape index (κ2) is 5.79. The molecule has 0 radical (unpaired) electrons. The van der Waals surface area contributed by atoms with Crippen LogP contribution in [0.25, 0.3) is 0 Å². The molecule has 2 aliphatic rings. The van der Waals surface area contributed by atoms with E-state index in [-0.39, 0.29) is 12.1 Å². The van der Waals surface area contributed by atoms with Gasteiger partial charge in [0, 0.05) is 26.3 Å². The zero-order chi connectivity index (χ0) is 16.7. The average molecular weight is 322 g/mol. The van der Waals surface area contributed by atoms with Gasteiger partial charge in [-0.05, 0) is 27.2 Å². The molecule has 0 saturated carbocycles. The molecular formula is C16H26N4O3. The third kappa shape index (κ3) is 3.21. The molecule has 3 heterocycles. The Morgan fingerprint density at radius 1 is 1.52 bits per heavy atom. The second-order valence-electron chi connectivity index (χ2n) is 7.38. The van der Waals surface area contributed by atoms with E-state index in [0.29, 0.717) is 19.7 Å². The normalized spacial score (nSPS) is 28.3. The highest BCUT2D eigenvalue weighted by molar-refractivity contribution is 5.68. The lowest BCUT2D eigenvalue weighted by Crippen LogP contribution is -2.54. The van der Waals surface area contributed by atoms with Crippen molar-refractivity contribution in [3.05, 3.63) is 18.2 Å². The van der Waals surface area contributed by atoms with Crippen LogP contribution in [-0.2, 0) is 16.5 Å². The Bertz CT molecular complexity index is 580. The fourth-order valence-electron chi connectivity index (χ4n) is 3.39. The zero-order valence-corrected chi connectivity index (χ0v) is 14.3. The Hall–Kier alpha value is -1.60. The summed E-state index contributed by atoms with van der Waals surface area (Å²) in [7, 11) is 1.98. The highest BCUT2D eigenvalue weighted by Crippen LogP contribution is 2.39. The average Bonchev–Trinajstić information content (AvgIpc) is 3.06. The smallest absolute Gasteiger partial charge is 0.410 e. The van der Waals surface area contributed by atoms with E-state index < -0.39 is 11.2 Å². The fourth-order valence-corrected chi connectivity index (χ4v) is 3.39. The van der Waals surface area contributed by atoms with Crippen LogP contribution in [0.5, 0.6) is 0 Å². The van der Waals surface area contributed by atoms with Crippen LogP contribution < -0.4 is 5.32 Å². The topological polar surface area (TPSA) is 68.6 Å². The summed E-state index contributed by atoms with van der Waals surface area (Å²) in [4.78, 5) is 18.3. The Morgan fingerprint density at radius 3 is 2.96 bits per heavy atom. The molecule has 2 unspecified atom stereocenters. The van der Waals surface area contributed by atoms with Crippen LogP contribution in [0.1, 0.15) is 38.9 Å². The Kier molecular flexibility index (Phi) is 4.10. The van der Waals surface area contributed by atoms with E-state index in [0.717, 1.165) is 18.7 Å². The minimum Gasteiger partial charge on any atom is -0.444 e. The van der Waals surface area contributed by atoms with Gasteiger partial charge in [-0.1, -0.05) is 0 Å². The first-order valence-corrected chi connectivity index (χ1v) is 8.12. The van der Waals surface area contributed by atoms with Gasteiger partial charge in [0.25, 0.3) is 0 Å². The molecule has 7 nitrogen and oxygen atoms in total. The first kappa shape index (κ1) is 16.3. The molecule has 23 heavy (non-hydrogen) atoms. The van der Waals surface area contributed by atoms with Crippen LogP contribution >= 0.6 is 0 Å². The van der Waals surface area contributed by atoms with Gasteiger partial charge in [0.15, 0.2) is 0 Å². The molecule has 0 aromatic carbocycles. The van der Waals surface area contributed by atoms with Gasteiger partial charge >= 0.3 is 6.09 Å². The second-order valence-corrected chi connectivity index (χ2v) is 7.38. The number of nitrogens with one attached hydrogen (secondary N) is 1. The fraction of sp³-hybridized carbons (Fsp3) is 0.750. The first-order valence-electron chi connectivity index (χ1n) is 8.12. The van der Waals surface area contributed by atoms with Gasteiger partial charge in [-0.15, -0.1) is 0 Å². The summed E-state index contributed by atoms with van der Waals surface area (Å²) in [5.74, 6) is 0. The Balaban J connectivity index is 1.78. The van der Waals surface area contributed by atoms with E-state index in [2.05, 4.69) is 10.3 Å². The first-order chi connectivity index (χ1) is 10.8. The van der Waals surface area contributed by atoms with E-state index in [4.69, 9.17) is 9.47 Å². The van der Waals surface area contributed by atoms with Crippen molar-refractivity contribution in [1.82, 2.24) is 19.8 Å². The molecule has 1 amide bonds. The molecule has 0 bridgehead atoms. The summed E-state index contributed by atoms with van der Waals surface area (Å²) in [6.45, 7) is 8.27. The van der Waals surface area contributed by atoms with Gasteiger partial charge < -0.3 is 24.3 Å². The number of nitrogens with zero attached hydrogens (tertiary/aromatic N) is 3.